The van der Waals surface area contributed by atoms with Crippen LogP contribution in [0.3, 0.4) is 0 Å². The van der Waals surface area contributed by atoms with Gasteiger partial charge in [-0.2, -0.15) is 8.42 Å². The van der Waals surface area contributed by atoms with Crippen LogP contribution in [0, 0.1) is 0 Å². The molecule has 0 radical (unpaired) electrons. The fourth-order valence-electron chi connectivity index (χ4n) is 1.61. The molecule has 0 aliphatic heterocycles. The van der Waals surface area contributed by atoms with Crippen molar-refractivity contribution in [1.29, 1.82) is 0 Å². The van der Waals surface area contributed by atoms with Gasteiger partial charge in [0.25, 0.3) is 10.1 Å². The van der Waals surface area contributed by atoms with Crippen molar-refractivity contribution >= 4 is 22.1 Å². The Morgan fingerprint density at radius 2 is 1.44 bits per heavy atom. The van der Waals surface area contributed by atoms with E-state index >= 15 is 0 Å². The predicted octanol–water partition coefficient (Wildman–Crippen LogP) is -0.903. The van der Waals surface area contributed by atoms with Gasteiger partial charge in [-0.25, -0.2) is 0 Å². The summed E-state index contributed by atoms with van der Waals surface area (Å²) in [5.74, 6) is -3.01. The molecule has 0 aromatic carbocycles. The van der Waals surface area contributed by atoms with Gasteiger partial charge in [-0.05, 0) is 6.42 Å². The Labute approximate surface area is 173 Å². The van der Waals surface area contributed by atoms with E-state index in [-0.39, 0.29) is 36.2 Å². The van der Waals surface area contributed by atoms with Gasteiger partial charge in [-0.3, -0.25) is 9.35 Å². The maximum absolute atomic E-state index is 11.4. The average Bonchev–Trinajstić information content (AvgIpc) is 2.50. The summed E-state index contributed by atoms with van der Waals surface area (Å²) < 4.78 is 35.2. The van der Waals surface area contributed by atoms with Crippen LogP contribution >= 0.6 is 0 Å². The van der Waals surface area contributed by atoms with Crippen molar-refractivity contribution in [3.63, 3.8) is 0 Å². The molecule has 7 nitrogen and oxygen atoms in total. The van der Waals surface area contributed by atoms with Crippen molar-refractivity contribution in [3.8, 4) is 0 Å². The van der Waals surface area contributed by atoms with Crippen LogP contribution in [0.15, 0.2) is 0 Å². The Hall–Kier alpha value is -0.150. The minimum absolute atomic E-state index is 0. The van der Waals surface area contributed by atoms with Crippen molar-refractivity contribution in [2.75, 3.05) is 6.61 Å². The second-order valence-electron chi connectivity index (χ2n) is 5.52. The first-order valence-corrected chi connectivity index (χ1v) is 10.0. The summed E-state index contributed by atoms with van der Waals surface area (Å²) in [5.41, 5.74) is 0. The van der Waals surface area contributed by atoms with E-state index in [0.717, 1.165) is 32.1 Å². The van der Waals surface area contributed by atoms with E-state index in [1.54, 1.807) is 0 Å². The van der Waals surface area contributed by atoms with Gasteiger partial charge < -0.3 is 14.6 Å². The largest absolute Gasteiger partial charge is 1.00 e. The molecule has 0 saturated heterocycles. The number of carboxylic acid groups (broad SMARTS) is 1. The van der Waals surface area contributed by atoms with Crippen molar-refractivity contribution < 1.29 is 62.0 Å². The summed E-state index contributed by atoms with van der Waals surface area (Å²) in [7, 11) is -4.81. The van der Waals surface area contributed by atoms with Crippen LogP contribution in [-0.4, -0.2) is 36.8 Å². The fraction of sp³-hybridized carbons (Fsp3) is 0.875. The molecule has 0 saturated carbocycles. The van der Waals surface area contributed by atoms with Crippen LogP contribution in [0.4, 0.5) is 0 Å². The molecule has 0 aromatic heterocycles. The van der Waals surface area contributed by atoms with Gasteiger partial charge in [0.15, 0.2) is 5.25 Å². The number of ether oxygens (including phenoxy) is 1. The predicted molar refractivity (Wildman–Crippen MR) is 89.9 cm³/mol. The molecule has 1 unspecified atom stereocenters. The molecule has 0 amide bonds. The summed E-state index contributed by atoms with van der Waals surface area (Å²) in [6.45, 7) is 6.46. The molecule has 0 aliphatic rings. The number of rotatable bonds is 12. The maximum Gasteiger partial charge on any atom is 1.00 e. The van der Waals surface area contributed by atoms with Crippen LogP contribution in [-0.2, 0) is 24.4 Å². The van der Waals surface area contributed by atoms with Gasteiger partial charge in [-0.1, -0.05) is 65.7 Å². The van der Waals surface area contributed by atoms with E-state index in [9.17, 15) is 23.1 Å². The number of carboxylic acids is 1. The Kier molecular flexibility index (Phi) is 22.1. The van der Waals surface area contributed by atoms with E-state index in [4.69, 9.17) is 4.55 Å². The molecule has 0 aromatic rings. The van der Waals surface area contributed by atoms with E-state index < -0.39 is 33.7 Å². The molecule has 0 spiro atoms. The van der Waals surface area contributed by atoms with Crippen LogP contribution in [0.2, 0.25) is 0 Å². The van der Waals surface area contributed by atoms with E-state index in [1.165, 1.54) is 12.8 Å². The molecule has 25 heavy (non-hydrogen) atoms. The fourth-order valence-corrected chi connectivity index (χ4v) is 2.27. The Morgan fingerprint density at radius 3 is 1.84 bits per heavy atom. The molecule has 1 atom stereocenters. The van der Waals surface area contributed by atoms with Crippen LogP contribution < -0.4 is 34.7 Å². The number of unbranched alkanes of at least 4 members (excludes halogenated alkanes) is 6. The molecule has 0 rings (SSSR count). The van der Waals surface area contributed by atoms with Gasteiger partial charge in [0.05, 0.1) is 6.61 Å². The Morgan fingerprint density at radius 1 is 0.960 bits per heavy atom. The molecular weight excluding hydrogens is 359 g/mol. The first kappa shape index (κ1) is 29.6. The van der Waals surface area contributed by atoms with Crippen molar-refractivity contribution in [1.82, 2.24) is 0 Å². The quantitative estimate of drug-likeness (QED) is 0.198. The third kappa shape index (κ3) is 20.0. The topological polar surface area (TPSA) is 121 Å². The molecule has 0 aliphatic carbocycles. The molecule has 1 N–H and O–H groups in total. The summed E-state index contributed by atoms with van der Waals surface area (Å²) in [5, 5.41) is 8.23. The van der Waals surface area contributed by atoms with Gasteiger partial charge in [0.1, 0.15) is 0 Å². The standard InChI is InChI=1S/C12H22O7S.C4H10.Na/c1-2-3-4-5-6-7-8-19-12(15)10(9-11(13)14)20(16,17)18;1-3-4-2;/h10H,2-9H2,1H3,(H,13,14)(H,16,17,18);3-4H2,1-2H3;/q;;+1/p-1. The molecule has 0 fully saturated rings. The first-order chi connectivity index (χ1) is 11.2. The molecular formula is C16H31NaO7S. The van der Waals surface area contributed by atoms with Crippen molar-refractivity contribution in [2.24, 2.45) is 0 Å². The first-order valence-electron chi connectivity index (χ1n) is 8.53. The zero-order valence-electron chi connectivity index (χ0n) is 16.0. The van der Waals surface area contributed by atoms with Crippen molar-refractivity contribution in [3.05, 3.63) is 0 Å². The number of hydrogen-bond acceptors (Lipinski definition) is 6. The van der Waals surface area contributed by atoms with Gasteiger partial charge in [0, 0.05) is 12.4 Å². The Balaban J connectivity index is -0.000000867. The summed E-state index contributed by atoms with van der Waals surface area (Å²) in [6, 6.07) is 0. The van der Waals surface area contributed by atoms with Gasteiger partial charge in [-0.15, -0.1) is 0 Å². The van der Waals surface area contributed by atoms with Crippen LogP contribution in [0.1, 0.15) is 78.6 Å². The Bertz CT molecular complexity index is 436. The van der Waals surface area contributed by atoms with Crippen LogP contribution in [0.5, 0.6) is 0 Å². The van der Waals surface area contributed by atoms with Crippen molar-refractivity contribution in [2.45, 2.75) is 83.8 Å². The van der Waals surface area contributed by atoms with E-state index in [2.05, 4.69) is 25.5 Å². The number of carbonyl (C=O) groups excluding carboxylic acids is 2. The number of esters is 1. The summed E-state index contributed by atoms with van der Waals surface area (Å²) in [4.78, 5) is 21.8. The monoisotopic (exact) mass is 390 g/mol. The maximum atomic E-state index is 11.4. The molecule has 9 heteroatoms. The third-order valence-corrected chi connectivity index (χ3v) is 4.29. The SMILES string of the molecule is CCCC.CCCCCCCCOC(=O)C(CC(=O)[O-])S(=O)(=O)O.[Na+]. The van der Waals surface area contributed by atoms with Crippen LogP contribution in [0.25, 0.3) is 0 Å². The van der Waals surface area contributed by atoms with E-state index in [1.807, 2.05) is 0 Å². The number of hydrogen-bond donors (Lipinski definition) is 1. The summed E-state index contributed by atoms with van der Waals surface area (Å²) >= 11 is 0. The molecule has 0 bridgehead atoms. The van der Waals surface area contributed by atoms with E-state index in [0.29, 0.717) is 6.42 Å². The summed E-state index contributed by atoms with van der Waals surface area (Å²) in [6.07, 6.45) is 7.26. The third-order valence-electron chi connectivity index (χ3n) is 3.22. The zero-order chi connectivity index (χ0) is 19.0. The molecule has 144 valence electrons. The van der Waals surface area contributed by atoms with Gasteiger partial charge in [0.2, 0.25) is 0 Å². The van der Waals surface area contributed by atoms with Gasteiger partial charge >= 0.3 is 35.5 Å². The number of carbonyl (C=O) groups is 2. The minimum atomic E-state index is -4.81. The number of aliphatic carboxylic acids is 1. The molecule has 0 heterocycles. The zero-order valence-corrected chi connectivity index (χ0v) is 18.8. The minimum Gasteiger partial charge on any atom is -0.550 e. The second kappa shape index (κ2) is 18.6. The smallest absolute Gasteiger partial charge is 0.550 e. The average molecular weight is 390 g/mol. The second-order valence-corrected chi connectivity index (χ2v) is 7.11. The normalized spacial score (nSPS) is 11.5.